The molecular weight excluding hydrogens is 102 g/mol. The Hall–Kier alpha value is -0.760. The van der Waals surface area contributed by atoms with E-state index in [4.69, 9.17) is 10.5 Å². The van der Waals surface area contributed by atoms with E-state index in [0.717, 1.165) is 5.70 Å². The maximum absolute atomic E-state index is 5.45. The molecule has 0 spiro atoms. The molecular formula is C6H7NO. The Morgan fingerprint density at radius 2 is 2.38 bits per heavy atom. The molecule has 2 atom stereocenters. The van der Waals surface area contributed by atoms with Crippen LogP contribution in [-0.4, -0.2) is 12.2 Å². The zero-order valence-electron chi connectivity index (χ0n) is 4.37. The van der Waals surface area contributed by atoms with Crippen molar-refractivity contribution >= 4 is 0 Å². The van der Waals surface area contributed by atoms with Gasteiger partial charge in [0.1, 0.15) is 12.2 Å². The summed E-state index contributed by atoms with van der Waals surface area (Å²) in [4.78, 5) is 0. The molecule has 1 aliphatic heterocycles. The summed E-state index contributed by atoms with van der Waals surface area (Å²) in [7, 11) is 0. The highest BCUT2D eigenvalue weighted by Gasteiger charge is 2.36. The van der Waals surface area contributed by atoms with E-state index in [-0.39, 0.29) is 0 Å². The fourth-order valence-corrected chi connectivity index (χ4v) is 0.876. The van der Waals surface area contributed by atoms with Crippen molar-refractivity contribution in [2.75, 3.05) is 0 Å². The third-order valence-corrected chi connectivity index (χ3v) is 1.40. The van der Waals surface area contributed by atoms with E-state index in [1.165, 1.54) is 0 Å². The topological polar surface area (TPSA) is 38.5 Å². The summed E-state index contributed by atoms with van der Waals surface area (Å²) < 4.78 is 5.11. The van der Waals surface area contributed by atoms with Gasteiger partial charge in [-0.15, -0.1) is 0 Å². The average molecular weight is 109 g/mol. The van der Waals surface area contributed by atoms with Crippen LogP contribution in [0.4, 0.5) is 0 Å². The lowest BCUT2D eigenvalue weighted by molar-refractivity contribution is 0.414. The first-order valence-corrected chi connectivity index (χ1v) is 2.67. The number of hydrogen-bond acceptors (Lipinski definition) is 2. The zero-order valence-corrected chi connectivity index (χ0v) is 4.37. The van der Waals surface area contributed by atoms with E-state index in [0.29, 0.717) is 12.2 Å². The van der Waals surface area contributed by atoms with Crippen LogP contribution in [0, 0.1) is 0 Å². The molecule has 0 bridgehead atoms. The molecule has 0 aromatic carbocycles. The lowest BCUT2D eigenvalue weighted by Crippen LogP contribution is -2.01. The summed E-state index contributed by atoms with van der Waals surface area (Å²) in [5.74, 6) is 0. The largest absolute Gasteiger partial charge is 0.399 e. The highest BCUT2D eigenvalue weighted by molar-refractivity contribution is 5.29. The lowest BCUT2D eigenvalue weighted by atomic mass is 10.2. The molecule has 2 heteroatoms. The average Bonchev–Trinajstić information content (AvgIpc) is 2.43. The maximum Gasteiger partial charge on any atom is 0.109 e. The van der Waals surface area contributed by atoms with Crippen molar-refractivity contribution in [2.45, 2.75) is 12.2 Å². The quantitative estimate of drug-likeness (QED) is 0.450. The standard InChI is InChI=1S/C6H7NO/c7-4-1-2-5-6(3-4)8-5/h1-3,5-6H,7H2. The Morgan fingerprint density at radius 1 is 1.50 bits per heavy atom. The van der Waals surface area contributed by atoms with Crippen LogP contribution in [0.15, 0.2) is 23.9 Å². The van der Waals surface area contributed by atoms with Crippen LogP contribution in [0.25, 0.3) is 0 Å². The highest BCUT2D eigenvalue weighted by Crippen LogP contribution is 2.28. The van der Waals surface area contributed by atoms with Crippen molar-refractivity contribution in [1.29, 1.82) is 0 Å². The number of epoxide rings is 1. The first-order valence-electron chi connectivity index (χ1n) is 2.67. The van der Waals surface area contributed by atoms with Gasteiger partial charge >= 0.3 is 0 Å². The molecule has 8 heavy (non-hydrogen) atoms. The van der Waals surface area contributed by atoms with E-state index in [2.05, 4.69) is 0 Å². The van der Waals surface area contributed by atoms with Crippen molar-refractivity contribution in [3.8, 4) is 0 Å². The maximum atomic E-state index is 5.45. The van der Waals surface area contributed by atoms with Crippen molar-refractivity contribution < 1.29 is 4.74 Å². The van der Waals surface area contributed by atoms with E-state index in [1.54, 1.807) is 0 Å². The predicted molar refractivity (Wildman–Crippen MR) is 30.1 cm³/mol. The molecule has 0 saturated carbocycles. The predicted octanol–water partition coefficient (Wildman–Crippen LogP) is 0.166. The second-order valence-corrected chi connectivity index (χ2v) is 2.09. The third kappa shape index (κ3) is 0.465. The minimum Gasteiger partial charge on any atom is -0.399 e. The Balaban J connectivity index is 2.28. The van der Waals surface area contributed by atoms with Crippen molar-refractivity contribution in [1.82, 2.24) is 0 Å². The molecule has 2 rings (SSSR count). The van der Waals surface area contributed by atoms with Gasteiger partial charge in [-0.3, -0.25) is 0 Å². The van der Waals surface area contributed by atoms with E-state index in [9.17, 15) is 0 Å². The molecule has 1 heterocycles. The van der Waals surface area contributed by atoms with Gasteiger partial charge in [0, 0.05) is 5.70 Å². The van der Waals surface area contributed by atoms with Crippen molar-refractivity contribution in [3.05, 3.63) is 23.9 Å². The van der Waals surface area contributed by atoms with Gasteiger partial charge in [0.2, 0.25) is 0 Å². The fourth-order valence-electron chi connectivity index (χ4n) is 0.876. The molecule has 0 amide bonds. The monoisotopic (exact) mass is 109 g/mol. The number of rotatable bonds is 0. The molecule has 0 aromatic rings. The van der Waals surface area contributed by atoms with Gasteiger partial charge in [0.05, 0.1) is 0 Å². The van der Waals surface area contributed by atoms with Crippen LogP contribution in [0.1, 0.15) is 0 Å². The highest BCUT2D eigenvalue weighted by atomic mass is 16.6. The number of nitrogens with two attached hydrogens (primary N) is 1. The molecule has 0 aromatic heterocycles. The van der Waals surface area contributed by atoms with Gasteiger partial charge in [-0.1, -0.05) is 6.08 Å². The molecule has 2 N–H and O–H groups in total. The first-order chi connectivity index (χ1) is 3.86. The fraction of sp³-hybridized carbons (Fsp3) is 0.333. The number of ether oxygens (including phenoxy) is 1. The van der Waals surface area contributed by atoms with Crippen LogP contribution in [0.5, 0.6) is 0 Å². The molecule has 2 nitrogen and oxygen atoms in total. The van der Waals surface area contributed by atoms with Crippen LogP contribution in [0.2, 0.25) is 0 Å². The number of allylic oxidation sites excluding steroid dienone is 1. The normalized spacial score (nSPS) is 40.8. The van der Waals surface area contributed by atoms with Crippen molar-refractivity contribution in [2.24, 2.45) is 5.73 Å². The van der Waals surface area contributed by atoms with Gasteiger partial charge in [-0.25, -0.2) is 0 Å². The van der Waals surface area contributed by atoms with Gasteiger partial charge in [-0.05, 0) is 12.2 Å². The summed E-state index contributed by atoms with van der Waals surface area (Å²) in [5.41, 5.74) is 6.27. The Kier molecular flexibility index (Phi) is 0.594. The zero-order chi connectivity index (χ0) is 5.56. The minimum absolute atomic E-state index is 0.306. The molecule has 2 unspecified atom stereocenters. The van der Waals surface area contributed by atoms with Crippen LogP contribution in [0.3, 0.4) is 0 Å². The molecule has 0 radical (unpaired) electrons. The summed E-state index contributed by atoms with van der Waals surface area (Å²) in [6.07, 6.45) is 6.46. The smallest absolute Gasteiger partial charge is 0.109 e. The second kappa shape index (κ2) is 1.14. The number of hydrogen-bond donors (Lipinski definition) is 1. The molecule has 42 valence electrons. The van der Waals surface area contributed by atoms with Crippen LogP contribution in [-0.2, 0) is 4.74 Å². The molecule has 1 aliphatic carbocycles. The summed E-state index contributed by atoms with van der Waals surface area (Å²) in [6, 6.07) is 0. The Labute approximate surface area is 47.6 Å². The molecule has 2 aliphatic rings. The van der Waals surface area contributed by atoms with E-state index < -0.39 is 0 Å². The molecule has 1 saturated heterocycles. The number of fused-ring (bicyclic) bond motifs is 1. The summed E-state index contributed by atoms with van der Waals surface area (Å²) in [5, 5.41) is 0. The van der Waals surface area contributed by atoms with Gasteiger partial charge in [0.15, 0.2) is 0 Å². The van der Waals surface area contributed by atoms with Gasteiger partial charge in [0.25, 0.3) is 0 Å². The van der Waals surface area contributed by atoms with Crippen molar-refractivity contribution in [3.63, 3.8) is 0 Å². The third-order valence-electron chi connectivity index (χ3n) is 1.40. The Bertz CT molecular complexity index is 171. The van der Waals surface area contributed by atoms with Gasteiger partial charge < -0.3 is 10.5 Å². The second-order valence-electron chi connectivity index (χ2n) is 2.09. The molecule has 1 fully saturated rings. The first kappa shape index (κ1) is 4.15. The van der Waals surface area contributed by atoms with E-state index in [1.807, 2.05) is 18.2 Å². The van der Waals surface area contributed by atoms with E-state index >= 15 is 0 Å². The Morgan fingerprint density at radius 3 is 3.00 bits per heavy atom. The van der Waals surface area contributed by atoms with Crippen LogP contribution < -0.4 is 5.73 Å². The summed E-state index contributed by atoms with van der Waals surface area (Å²) in [6.45, 7) is 0. The summed E-state index contributed by atoms with van der Waals surface area (Å²) >= 11 is 0. The van der Waals surface area contributed by atoms with Crippen LogP contribution >= 0.6 is 0 Å². The lowest BCUT2D eigenvalue weighted by Gasteiger charge is -1.92. The minimum atomic E-state index is 0.306. The SMILES string of the molecule is NC1=CC2OC2C=C1. The van der Waals surface area contributed by atoms with Gasteiger partial charge in [-0.2, -0.15) is 0 Å².